The van der Waals surface area contributed by atoms with Gasteiger partial charge in [-0.15, -0.1) is 0 Å². The number of benzene rings is 1. The van der Waals surface area contributed by atoms with Crippen LogP contribution in [0.25, 0.3) is 0 Å². The third kappa shape index (κ3) is 3.05. The smallest absolute Gasteiger partial charge is 0.123 e. The Bertz CT molecular complexity index is 569. The molecule has 1 heterocycles. The van der Waals surface area contributed by atoms with Crippen molar-refractivity contribution in [1.82, 2.24) is 4.98 Å². The Morgan fingerprint density at radius 1 is 1.33 bits per heavy atom. The molecule has 0 aliphatic heterocycles. The van der Waals surface area contributed by atoms with Gasteiger partial charge in [0.2, 0.25) is 0 Å². The summed E-state index contributed by atoms with van der Waals surface area (Å²) in [7, 11) is 0. The number of hydrogen-bond donors (Lipinski definition) is 1. The predicted molar refractivity (Wildman–Crippen MR) is 75.6 cm³/mol. The first-order chi connectivity index (χ1) is 8.66. The zero-order valence-electron chi connectivity index (χ0n) is 10.1. The molecule has 0 spiro atoms. The fourth-order valence-electron chi connectivity index (χ4n) is 1.64. The monoisotopic (exact) mass is 258 g/mol. The zero-order valence-corrected chi connectivity index (χ0v) is 10.9. The van der Waals surface area contributed by atoms with Crippen molar-refractivity contribution in [3.05, 3.63) is 59.4 Å². The number of ether oxygens (including phenoxy) is 1. The number of aromatic nitrogens is 1. The molecular formula is C14H14N2OS. The lowest BCUT2D eigenvalue weighted by Crippen LogP contribution is -2.15. The molecule has 0 fully saturated rings. The van der Waals surface area contributed by atoms with Crippen molar-refractivity contribution in [2.45, 2.75) is 13.5 Å². The summed E-state index contributed by atoms with van der Waals surface area (Å²) in [6.45, 7) is 2.43. The van der Waals surface area contributed by atoms with Gasteiger partial charge in [0.05, 0.1) is 0 Å². The average Bonchev–Trinajstić information content (AvgIpc) is 2.37. The van der Waals surface area contributed by atoms with Crippen LogP contribution in [0.3, 0.4) is 0 Å². The second-order valence-corrected chi connectivity index (χ2v) is 4.42. The summed E-state index contributed by atoms with van der Waals surface area (Å²) >= 11 is 4.96. The molecule has 1 aromatic heterocycles. The van der Waals surface area contributed by atoms with Crippen LogP contribution in [0, 0.1) is 6.92 Å². The summed E-state index contributed by atoms with van der Waals surface area (Å²) in [5.74, 6) is 0.827. The van der Waals surface area contributed by atoms with Crippen molar-refractivity contribution >= 4 is 17.2 Å². The maximum atomic E-state index is 5.71. The van der Waals surface area contributed by atoms with Gasteiger partial charge in [-0.2, -0.15) is 0 Å². The number of rotatable bonds is 4. The minimum absolute atomic E-state index is 0.290. The van der Waals surface area contributed by atoms with Crippen LogP contribution in [0.5, 0.6) is 5.75 Å². The van der Waals surface area contributed by atoms with Crippen LogP contribution in [0.15, 0.2) is 42.6 Å². The van der Waals surface area contributed by atoms with Crippen LogP contribution in [-0.4, -0.2) is 9.97 Å². The fraction of sp³-hybridized carbons (Fsp3) is 0.143. The van der Waals surface area contributed by atoms with E-state index in [0.717, 1.165) is 16.9 Å². The molecule has 0 amide bonds. The van der Waals surface area contributed by atoms with Crippen LogP contribution in [0.2, 0.25) is 0 Å². The average molecular weight is 258 g/mol. The molecule has 0 saturated heterocycles. The van der Waals surface area contributed by atoms with Gasteiger partial charge in [0.1, 0.15) is 23.0 Å². The molecule has 92 valence electrons. The van der Waals surface area contributed by atoms with Gasteiger partial charge < -0.3 is 10.5 Å². The Kier molecular flexibility index (Phi) is 3.89. The summed E-state index contributed by atoms with van der Waals surface area (Å²) in [5, 5.41) is 0. The second kappa shape index (κ2) is 5.60. The van der Waals surface area contributed by atoms with E-state index in [4.69, 9.17) is 22.7 Å². The molecule has 0 atom stereocenters. The van der Waals surface area contributed by atoms with Crippen LogP contribution < -0.4 is 10.5 Å². The highest BCUT2D eigenvalue weighted by Gasteiger charge is 2.06. The Balaban J connectivity index is 2.13. The predicted octanol–water partition coefficient (Wildman–Crippen LogP) is 2.60. The van der Waals surface area contributed by atoms with E-state index in [0.29, 0.717) is 17.3 Å². The SMILES string of the molecule is Cc1cccc(OCc2cccnc2C(N)=S)c1. The van der Waals surface area contributed by atoms with E-state index in [1.807, 2.05) is 43.3 Å². The van der Waals surface area contributed by atoms with Gasteiger partial charge in [-0.1, -0.05) is 30.4 Å². The highest BCUT2D eigenvalue weighted by Crippen LogP contribution is 2.15. The van der Waals surface area contributed by atoms with Crippen LogP contribution in [-0.2, 0) is 6.61 Å². The van der Waals surface area contributed by atoms with E-state index in [-0.39, 0.29) is 0 Å². The molecule has 0 unspecified atom stereocenters. The molecule has 1 aromatic carbocycles. The lowest BCUT2D eigenvalue weighted by molar-refractivity contribution is 0.305. The molecule has 0 saturated carbocycles. The highest BCUT2D eigenvalue weighted by molar-refractivity contribution is 7.80. The normalized spacial score (nSPS) is 10.1. The summed E-state index contributed by atoms with van der Waals surface area (Å²) in [6, 6.07) is 11.6. The largest absolute Gasteiger partial charge is 0.489 e. The number of aryl methyl sites for hydroxylation is 1. The molecule has 2 N–H and O–H groups in total. The first kappa shape index (κ1) is 12.5. The van der Waals surface area contributed by atoms with Crippen LogP contribution in [0.1, 0.15) is 16.8 Å². The van der Waals surface area contributed by atoms with Gasteiger partial charge in [0.25, 0.3) is 0 Å². The lowest BCUT2D eigenvalue weighted by Gasteiger charge is -2.09. The minimum atomic E-state index is 0.290. The molecule has 0 bridgehead atoms. The van der Waals surface area contributed by atoms with Gasteiger partial charge in [0.15, 0.2) is 0 Å². The third-order valence-corrected chi connectivity index (χ3v) is 2.70. The van der Waals surface area contributed by atoms with Gasteiger partial charge in [-0.25, -0.2) is 0 Å². The molecule has 0 aliphatic rings. The van der Waals surface area contributed by atoms with Crippen LogP contribution >= 0.6 is 12.2 Å². The van der Waals surface area contributed by atoms with Gasteiger partial charge in [0, 0.05) is 11.8 Å². The maximum Gasteiger partial charge on any atom is 0.123 e. The van der Waals surface area contributed by atoms with Gasteiger partial charge in [-0.05, 0) is 30.7 Å². The van der Waals surface area contributed by atoms with Crippen molar-refractivity contribution in [1.29, 1.82) is 0 Å². The topological polar surface area (TPSA) is 48.1 Å². The summed E-state index contributed by atoms with van der Waals surface area (Å²) in [4.78, 5) is 4.45. The molecule has 2 rings (SSSR count). The Morgan fingerprint density at radius 3 is 2.89 bits per heavy atom. The Hall–Kier alpha value is -1.94. The summed E-state index contributed by atoms with van der Waals surface area (Å²) in [5.41, 5.74) is 8.30. The molecule has 2 aromatic rings. The number of nitrogens with two attached hydrogens (primary N) is 1. The molecule has 18 heavy (non-hydrogen) atoms. The summed E-state index contributed by atoms with van der Waals surface area (Å²) < 4.78 is 5.71. The second-order valence-electron chi connectivity index (χ2n) is 3.98. The number of pyridine rings is 1. The van der Waals surface area contributed by atoms with E-state index in [1.54, 1.807) is 6.20 Å². The van der Waals surface area contributed by atoms with Crippen LogP contribution in [0.4, 0.5) is 0 Å². The first-order valence-electron chi connectivity index (χ1n) is 5.60. The van der Waals surface area contributed by atoms with Crippen molar-refractivity contribution in [3.63, 3.8) is 0 Å². The number of hydrogen-bond acceptors (Lipinski definition) is 3. The molecule has 4 heteroatoms. The van der Waals surface area contributed by atoms with E-state index in [9.17, 15) is 0 Å². The van der Waals surface area contributed by atoms with Gasteiger partial charge in [-0.3, -0.25) is 4.98 Å². The molecule has 0 radical (unpaired) electrons. The quantitative estimate of drug-likeness (QED) is 0.856. The lowest BCUT2D eigenvalue weighted by atomic mass is 10.2. The van der Waals surface area contributed by atoms with Crippen molar-refractivity contribution in [2.75, 3.05) is 0 Å². The zero-order chi connectivity index (χ0) is 13.0. The Labute approximate surface area is 112 Å². The summed E-state index contributed by atoms with van der Waals surface area (Å²) in [6.07, 6.45) is 1.67. The van der Waals surface area contributed by atoms with Crippen molar-refractivity contribution in [3.8, 4) is 5.75 Å². The maximum absolute atomic E-state index is 5.71. The standard InChI is InChI=1S/C14H14N2OS/c1-10-4-2-6-12(8-10)17-9-11-5-3-7-16-13(11)14(15)18/h2-8H,9H2,1H3,(H2,15,18). The third-order valence-electron chi connectivity index (χ3n) is 2.51. The minimum Gasteiger partial charge on any atom is -0.489 e. The van der Waals surface area contributed by atoms with E-state index in [2.05, 4.69) is 4.98 Å². The number of thiocarbonyl (C=S) groups is 1. The van der Waals surface area contributed by atoms with Gasteiger partial charge >= 0.3 is 0 Å². The first-order valence-corrected chi connectivity index (χ1v) is 6.01. The molecule has 0 aliphatic carbocycles. The Morgan fingerprint density at radius 2 is 2.17 bits per heavy atom. The molecular weight excluding hydrogens is 244 g/mol. The van der Waals surface area contributed by atoms with E-state index >= 15 is 0 Å². The van der Waals surface area contributed by atoms with E-state index in [1.165, 1.54) is 0 Å². The van der Waals surface area contributed by atoms with Crippen molar-refractivity contribution < 1.29 is 4.74 Å². The molecule has 3 nitrogen and oxygen atoms in total. The van der Waals surface area contributed by atoms with Crippen molar-refractivity contribution in [2.24, 2.45) is 5.73 Å². The highest BCUT2D eigenvalue weighted by atomic mass is 32.1. The van der Waals surface area contributed by atoms with E-state index < -0.39 is 0 Å². The number of nitrogens with zero attached hydrogens (tertiary/aromatic N) is 1. The fourth-order valence-corrected chi connectivity index (χ4v) is 1.83.